The Balaban J connectivity index is 1.94. The largest absolute Gasteiger partial charge is 0.491 e. The van der Waals surface area contributed by atoms with Crippen LogP contribution in [-0.4, -0.2) is 39.0 Å². The Bertz CT molecular complexity index is 1090. The molecule has 31 heavy (non-hydrogen) atoms. The van der Waals surface area contributed by atoms with Gasteiger partial charge in [0.2, 0.25) is 11.7 Å². The number of sulfonamides is 1. The highest BCUT2D eigenvalue weighted by Gasteiger charge is 2.40. The summed E-state index contributed by atoms with van der Waals surface area (Å²) in [6.45, 7) is 4.48. The molecule has 1 aliphatic heterocycles. The molecule has 2 atom stereocenters. The number of hydrogen-bond donors (Lipinski definition) is 2. The van der Waals surface area contributed by atoms with Gasteiger partial charge in [0.25, 0.3) is 10.0 Å². The zero-order chi connectivity index (χ0) is 22.9. The number of carbonyl (C=O) groups excluding carboxylic acids is 1. The van der Waals surface area contributed by atoms with Crippen LogP contribution in [0.2, 0.25) is 0 Å². The minimum absolute atomic E-state index is 0.117. The van der Waals surface area contributed by atoms with Crippen molar-refractivity contribution in [3.63, 3.8) is 0 Å². The monoisotopic (exact) mass is 454 g/mol. The number of pyridine rings is 1. The lowest BCUT2D eigenvalue weighted by Gasteiger charge is -2.28. The Morgan fingerprint density at radius 1 is 1.32 bits per heavy atom. The molecule has 3 rings (SSSR count). The first-order chi connectivity index (χ1) is 14.5. The molecule has 1 aromatic heterocycles. The first-order valence-electron chi connectivity index (χ1n) is 9.61. The van der Waals surface area contributed by atoms with Crippen molar-refractivity contribution in [2.24, 2.45) is 17.0 Å². The Kier molecular flexibility index (Phi) is 6.46. The molecule has 2 heterocycles. The summed E-state index contributed by atoms with van der Waals surface area (Å²) in [6.07, 6.45) is 1.69. The molecule has 1 aromatic carbocycles. The Morgan fingerprint density at radius 2 is 2.03 bits per heavy atom. The van der Waals surface area contributed by atoms with E-state index >= 15 is 0 Å². The van der Waals surface area contributed by atoms with Crippen molar-refractivity contribution >= 4 is 27.3 Å². The number of benzene rings is 1. The molecular formula is C20H24F2N4O4S. The number of anilines is 2. The minimum atomic E-state index is -4.04. The van der Waals surface area contributed by atoms with E-state index in [0.29, 0.717) is 13.0 Å². The molecule has 1 fully saturated rings. The summed E-state index contributed by atoms with van der Waals surface area (Å²) in [5, 5.41) is 7.39. The first kappa shape index (κ1) is 22.9. The fourth-order valence-corrected chi connectivity index (χ4v) is 4.18. The van der Waals surface area contributed by atoms with Crippen LogP contribution in [0.15, 0.2) is 35.5 Å². The number of nitrogens with one attached hydrogen (secondary N) is 1. The second-order valence-electron chi connectivity index (χ2n) is 7.74. The van der Waals surface area contributed by atoms with Gasteiger partial charge in [0.15, 0.2) is 16.6 Å². The van der Waals surface area contributed by atoms with Gasteiger partial charge in [-0.1, -0.05) is 13.8 Å². The molecule has 8 nitrogen and oxygen atoms in total. The Morgan fingerprint density at radius 3 is 2.65 bits per heavy atom. The molecule has 0 spiro atoms. The van der Waals surface area contributed by atoms with E-state index in [1.165, 1.54) is 25.4 Å². The van der Waals surface area contributed by atoms with E-state index in [1.807, 2.05) is 13.8 Å². The average molecular weight is 454 g/mol. The summed E-state index contributed by atoms with van der Waals surface area (Å²) in [5.41, 5.74) is 0.471. The number of hydrogen-bond acceptors (Lipinski definition) is 6. The van der Waals surface area contributed by atoms with Crippen LogP contribution in [0.4, 0.5) is 20.2 Å². The van der Waals surface area contributed by atoms with Gasteiger partial charge in [-0.15, -0.1) is 0 Å². The van der Waals surface area contributed by atoms with Crippen LogP contribution in [0.3, 0.4) is 0 Å². The summed E-state index contributed by atoms with van der Waals surface area (Å²) in [7, 11) is -2.80. The second kappa shape index (κ2) is 8.75. The number of aromatic nitrogens is 1. The van der Waals surface area contributed by atoms with Gasteiger partial charge in [0.05, 0.1) is 12.8 Å². The highest BCUT2D eigenvalue weighted by atomic mass is 32.2. The molecule has 1 amide bonds. The summed E-state index contributed by atoms with van der Waals surface area (Å²) in [5.74, 6) is -2.52. The van der Waals surface area contributed by atoms with E-state index in [1.54, 1.807) is 4.90 Å². The number of methoxy groups -OCH3 is 1. The van der Waals surface area contributed by atoms with Crippen molar-refractivity contribution in [2.45, 2.75) is 31.3 Å². The van der Waals surface area contributed by atoms with Crippen molar-refractivity contribution in [3.05, 3.63) is 42.1 Å². The lowest BCUT2D eigenvalue weighted by molar-refractivity contribution is -0.117. The topological polar surface area (TPSA) is 115 Å². The second-order valence-corrected chi connectivity index (χ2v) is 9.25. The van der Waals surface area contributed by atoms with Gasteiger partial charge in [-0.2, -0.15) is 4.39 Å². The van der Waals surface area contributed by atoms with Gasteiger partial charge in [0.1, 0.15) is 6.04 Å². The summed E-state index contributed by atoms with van der Waals surface area (Å²) in [4.78, 5) is 18.5. The smallest absolute Gasteiger partial charge is 0.255 e. The van der Waals surface area contributed by atoms with E-state index in [2.05, 4.69) is 10.3 Å². The van der Waals surface area contributed by atoms with Gasteiger partial charge in [-0.05, 0) is 36.5 Å². The molecule has 2 unspecified atom stereocenters. The molecule has 0 bridgehead atoms. The fraction of sp³-hybridized carbons (Fsp3) is 0.400. The highest BCUT2D eigenvalue weighted by molar-refractivity contribution is 7.89. The van der Waals surface area contributed by atoms with Crippen molar-refractivity contribution in [2.75, 3.05) is 23.9 Å². The maximum Gasteiger partial charge on any atom is 0.255 e. The SMILES string of the molecule is COc1c(N2CC(C(C)C)CC2C(=O)Nc2ccnc(S(N)(=O)=O)c2)ccc(F)c1F. The Labute approximate surface area is 179 Å². The number of primary sulfonamides is 1. The first-order valence-corrected chi connectivity index (χ1v) is 11.2. The number of carbonyl (C=O) groups is 1. The quantitative estimate of drug-likeness (QED) is 0.693. The van der Waals surface area contributed by atoms with E-state index < -0.39 is 33.6 Å². The van der Waals surface area contributed by atoms with Gasteiger partial charge in [-0.3, -0.25) is 4.79 Å². The molecular weight excluding hydrogens is 430 g/mol. The zero-order valence-corrected chi connectivity index (χ0v) is 18.1. The van der Waals surface area contributed by atoms with Gasteiger partial charge in [0, 0.05) is 24.5 Å². The van der Waals surface area contributed by atoms with Gasteiger partial charge >= 0.3 is 0 Å². The molecule has 0 aliphatic carbocycles. The van der Waals surface area contributed by atoms with E-state index in [-0.39, 0.29) is 34.0 Å². The van der Waals surface area contributed by atoms with Gasteiger partial charge in [-0.25, -0.2) is 22.9 Å². The fourth-order valence-electron chi connectivity index (χ4n) is 3.68. The van der Waals surface area contributed by atoms with Crippen molar-refractivity contribution in [1.82, 2.24) is 4.98 Å². The minimum Gasteiger partial charge on any atom is -0.491 e. The summed E-state index contributed by atoms with van der Waals surface area (Å²) < 4.78 is 56.1. The number of amides is 1. The lowest BCUT2D eigenvalue weighted by Crippen LogP contribution is -2.40. The number of nitrogens with zero attached hydrogens (tertiary/aromatic N) is 2. The van der Waals surface area contributed by atoms with E-state index in [4.69, 9.17) is 9.88 Å². The highest BCUT2D eigenvalue weighted by Crippen LogP contribution is 2.40. The number of rotatable bonds is 6. The molecule has 1 saturated heterocycles. The molecule has 11 heteroatoms. The van der Waals surface area contributed by atoms with Gasteiger partial charge < -0.3 is 15.0 Å². The number of halogens is 2. The number of nitrogens with two attached hydrogens (primary N) is 1. The standard InChI is InChI=1S/C20H24F2N4O4S/c1-11(2)12-8-16(20(27)25-13-6-7-24-17(9-13)31(23,28)29)26(10-12)15-5-4-14(21)18(22)19(15)30-3/h4-7,9,11-12,16H,8,10H2,1-3H3,(H2,23,28,29)(H,24,25,27). The van der Waals surface area contributed by atoms with Crippen LogP contribution in [0.1, 0.15) is 20.3 Å². The molecule has 168 valence electrons. The third kappa shape index (κ3) is 4.77. The van der Waals surface area contributed by atoms with Crippen LogP contribution >= 0.6 is 0 Å². The normalized spacial score (nSPS) is 19.0. The van der Waals surface area contributed by atoms with Crippen molar-refractivity contribution in [3.8, 4) is 5.75 Å². The average Bonchev–Trinajstić information content (AvgIpc) is 3.15. The molecule has 2 aromatic rings. The third-order valence-corrected chi connectivity index (χ3v) is 6.22. The summed E-state index contributed by atoms with van der Waals surface area (Å²) in [6, 6.07) is 4.25. The van der Waals surface area contributed by atoms with Crippen molar-refractivity contribution in [1.29, 1.82) is 0 Å². The maximum absolute atomic E-state index is 14.3. The van der Waals surface area contributed by atoms with Crippen LogP contribution < -0.4 is 20.1 Å². The summed E-state index contributed by atoms with van der Waals surface area (Å²) >= 11 is 0. The molecule has 3 N–H and O–H groups in total. The predicted molar refractivity (Wildman–Crippen MR) is 111 cm³/mol. The predicted octanol–water partition coefficient (Wildman–Crippen LogP) is 2.51. The van der Waals surface area contributed by atoms with Crippen LogP contribution in [0, 0.1) is 23.5 Å². The molecule has 0 radical (unpaired) electrons. The zero-order valence-electron chi connectivity index (χ0n) is 17.3. The van der Waals surface area contributed by atoms with E-state index in [0.717, 1.165) is 12.1 Å². The molecule has 1 aliphatic rings. The third-order valence-electron chi connectivity index (χ3n) is 5.42. The molecule has 0 saturated carbocycles. The van der Waals surface area contributed by atoms with Crippen LogP contribution in [-0.2, 0) is 14.8 Å². The van der Waals surface area contributed by atoms with Crippen LogP contribution in [0.5, 0.6) is 5.75 Å². The maximum atomic E-state index is 14.3. The lowest BCUT2D eigenvalue weighted by atomic mass is 9.93. The van der Waals surface area contributed by atoms with E-state index in [9.17, 15) is 22.0 Å². The number of ether oxygens (including phenoxy) is 1. The Hall–Kier alpha value is -2.79. The van der Waals surface area contributed by atoms with Crippen molar-refractivity contribution < 1.29 is 26.7 Å². The van der Waals surface area contributed by atoms with Crippen LogP contribution in [0.25, 0.3) is 0 Å².